The van der Waals surface area contributed by atoms with Crippen LogP contribution in [0.25, 0.3) is 0 Å². The lowest BCUT2D eigenvalue weighted by Gasteiger charge is -2.06. The topological polar surface area (TPSA) is 41.1 Å². The van der Waals surface area contributed by atoms with Gasteiger partial charge < -0.3 is 10.6 Å². The van der Waals surface area contributed by atoms with Crippen LogP contribution in [0.1, 0.15) is 18.1 Å². The van der Waals surface area contributed by atoms with E-state index in [1.165, 1.54) is 11.1 Å². The molecule has 0 aliphatic rings. The van der Waals surface area contributed by atoms with E-state index in [9.17, 15) is 4.79 Å². The SMILES string of the molecule is CCNC(=O)CNCc1ccc(C)c(Br)c1. The Hall–Kier alpha value is -0.870. The largest absolute Gasteiger partial charge is 0.355 e. The summed E-state index contributed by atoms with van der Waals surface area (Å²) in [5.41, 5.74) is 2.38. The molecule has 0 radical (unpaired) electrons. The molecule has 0 fully saturated rings. The van der Waals surface area contributed by atoms with Crippen molar-refractivity contribution in [1.82, 2.24) is 10.6 Å². The maximum atomic E-state index is 11.2. The highest BCUT2D eigenvalue weighted by Gasteiger charge is 2.00. The maximum absolute atomic E-state index is 11.2. The Bertz CT molecular complexity index is 366. The van der Waals surface area contributed by atoms with Gasteiger partial charge in [-0.3, -0.25) is 4.79 Å². The van der Waals surface area contributed by atoms with Crippen molar-refractivity contribution in [2.75, 3.05) is 13.1 Å². The van der Waals surface area contributed by atoms with Gasteiger partial charge in [0.2, 0.25) is 5.91 Å². The van der Waals surface area contributed by atoms with Crippen molar-refractivity contribution < 1.29 is 4.79 Å². The molecule has 16 heavy (non-hydrogen) atoms. The van der Waals surface area contributed by atoms with Crippen molar-refractivity contribution in [2.24, 2.45) is 0 Å². The second-order valence-electron chi connectivity index (χ2n) is 3.64. The van der Waals surface area contributed by atoms with Crippen molar-refractivity contribution in [3.8, 4) is 0 Å². The number of benzene rings is 1. The number of nitrogens with one attached hydrogen (secondary N) is 2. The second-order valence-corrected chi connectivity index (χ2v) is 4.49. The summed E-state index contributed by atoms with van der Waals surface area (Å²) in [7, 11) is 0. The molecular formula is C12H17BrN2O. The molecule has 88 valence electrons. The molecule has 1 aromatic rings. The van der Waals surface area contributed by atoms with E-state index in [4.69, 9.17) is 0 Å². The zero-order valence-corrected chi connectivity index (χ0v) is 11.2. The molecule has 0 unspecified atom stereocenters. The van der Waals surface area contributed by atoms with Gasteiger partial charge in [-0.2, -0.15) is 0 Å². The van der Waals surface area contributed by atoms with Crippen LogP contribution in [0.4, 0.5) is 0 Å². The number of amides is 1. The van der Waals surface area contributed by atoms with E-state index in [2.05, 4.69) is 51.7 Å². The van der Waals surface area contributed by atoms with Gasteiger partial charge in [-0.25, -0.2) is 0 Å². The Balaban J connectivity index is 2.37. The lowest BCUT2D eigenvalue weighted by atomic mass is 10.1. The third-order valence-corrected chi connectivity index (χ3v) is 3.08. The standard InChI is InChI=1S/C12H17BrN2O/c1-3-15-12(16)8-14-7-10-5-4-9(2)11(13)6-10/h4-6,14H,3,7-8H2,1-2H3,(H,15,16). The Kier molecular flexibility index (Phi) is 5.49. The molecule has 2 N–H and O–H groups in total. The van der Waals surface area contributed by atoms with Gasteiger partial charge >= 0.3 is 0 Å². The quantitative estimate of drug-likeness (QED) is 0.868. The smallest absolute Gasteiger partial charge is 0.233 e. The van der Waals surface area contributed by atoms with Gasteiger partial charge in [-0.05, 0) is 31.0 Å². The van der Waals surface area contributed by atoms with E-state index in [0.29, 0.717) is 19.6 Å². The molecule has 4 heteroatoms. The van der Waals surface area contributed by atoms with Crippen LogP contribution >= 0.6 is 15.9 Å². The Morgan fingerprint density at radius 1 is 1.44 bits per heavy atom. The lowest BCUT2D eigenvalue weighted by Crippen LogP contribution is -2.33. The molecule has 0 bridgehead atoms. The van der Waals surface area contributed by atoms with Gasteiger partial charge in [0.15, 0.2) is 0 Å². The van der Waals surface area contributed by atoms with Crippen LogP contribution in [0, 0.1) is 6.92 Å². The van der Waals surface area contributed by atoms with E-state index in [1.807, 2.05) is 6.92 Å². The number of hydrogen-bond acceptors (Lipinski definition) is 2. The number of carbonyl (C=O) groups is 1. The van der Waals surface area contributed by atoms with Crippen molar-refractivity contribution >= 4 is 21.8 Å². The number of hydrogen-bond donors (Lipinski definition) is 2. The average Bonchev–Trinajstić information content (AvgIpc) is 2.24. The van der Waals surface area contributed by atoms with Crippen molar-refractivity contribution in [1.29, 1.82) is 0 Å². The molecule has 0 aromatic heterocycles. The van der Waals surface area contributed by atoms with Gasteiger partial charge in [0.05, 0.1) is 6.54 Å². The monoisotopic (exact) mass is 284 g/mol. The maximum Gasteiger partial charge on any atom is 0.233 e. The molecule has 0 saturated heterocycles. The Labute approximate surface area is 105 Å². The molecule has 1 aromatic carbocycles. The molecule has 0 aliphatic carbocycles. The molecule has 0 atom stereocenters. The Morgan fingerprint density at radius 3 is 2.81 bits per heavy atom. The highest BCUT2D eigenvalue weighted by Crippen LogP contribution is 2.17. The van der Waals surface area contributed by atoms with E-state index in [-0.39, 0.29) is 5.91 Å². The number of aryl methyl sites for hydroxylation is 1. The zero-order valence-electron chi connectivity index (χ0n) is 9.64. The molecule has 3 nitrogen and oxygen atoms in total. The van der Waals surface area contributed by atoms with Crippen molar-refractivity contribution in [3.63, 3.8) is 0 Å². The minimum Gasteiger partial charge on any atom is -0.355 e. The first-order valence-electron chi connectivity index (χ1n) is 5.36. The van der Waals surface area contributed by atoms with Gasteiger partial charge in [-0.1, -0.05) is 28.1 Å². The van der Waals surface area contributed by atoms with Crippen LogP contribution in [-0.4, -0.2) is 19.0 Å². The Morgan fingerprint density at radius 2 is 2.19 bits per heavy atom. The summed E-state index contributed by atoms with van der Waals surface area (Å²) in [6.45, 7) is 5.71. The normalized spacial score (nSPS) is 10.2. The fourth-order valence-corrected chi connectivity index (χ4v) is 1.75. The van der Waals surface area contributed by atoms with Gasteiger partial charge in [0.1, 0.15) is 0 Å². The van der Waals surface area contributed by atoms with Gasteiger partial charge in [-0.15, -0.1) is 0 Å². The van der Waals surface area contributed by atoms with Gasteiger partial charge in [0, 0.05) is 17.6 Å². The van der Waals surface area contributed by atoms with Crippen LogP contribution < -0.4 is 10.6 Å². The predicted octanol–water partition coefficient (Wildman–Crippen LogP) is 1.98. The van der Waals surface area contributed by atoms with Crippen LogP contribution in [0.15, 0.2) is 22.7 Å². The van der Waals surface area contributed by atoms with E-state index in [1.54, 1.807) is 0 Å². The molecule has 0 heterocycles. The van der Waals surface area contributed by atoms with Crippen molar-refractivity contribution in [2.45, 2.75) is 20.4 Å². The van der Waals surface area contributed by atoms with Crippen LogP contribution in [-0.2, 0) is 11.3 Å². The number of halogens is 1. The van der Waals surface area contributed by atoms with Crippen LogP contribution in [0.3, 0.4) is 0 Å². The molecule has 0 spiro atoms. The summed E-state index contributed by atoms with van der Waals surface area (Å²) in [6.07, 6.45) is 0. The van der Waals surface area contributed by atoms with E-state index < -0.39 is 0 Å². The zero-order chi connectivity index (χ0) is 12.0. The molecular weight excluding hydrogens is 268 g/mol. The summed E-state index contributed by atoms with van der Waals surface area (Å²) in [4.78, 5) is 11.2. The van der Waals surface area contributed by atoms with E-state index in [0.717, 1.165) is 4.47 Å². The molecule has 1 amide bonds. The third kappa shape index (κ3) is 4.33. The summed E-state index contributed by atoms with van der Waals surface area (Å²) in [6, 6.07) is 6.19. The summed E-state index contributed by atoms with van der Waals surface area (Å²) >= 11 is 3.48. The van der Waals surface area contributed by atoms with Gasteiger partial charge in [0.25, 0.3) is 0 Å². The minimum atomic E-state index is 0.0358. The predicted molar refractivity (Wildman–Crippen MR) is 69.3 cm³/mol. The lowest BCUT2D eigenvalue weighted by molar-refractivity contribution is -0.120. The fourth-order valence-electron chi connectivity index (χ4n) is 1.33. The average molecular weight is 285 g/mol. The molecule has 0 saturated carbocycles. The number of carbonyl (C=O) groups excluding carboxylic acids is 1. The highest BCUT2D eigenvalue weighted by molar-refractivity contribution is 9.10. The first kappa shape index (κ1) is 13.2. The summed E-state index contributed by atoms with van der Waals surface area (Å²) < 4.78 is 1.10. The second kappa shape index (κ2) is 6.66. The summed E-state index contributed by atoms with van der Waals surface area (Å²) in [5.74, 6) is 0.0358. The van der Waals surface area contributed by atoms with Crippen LogP contribution in [0.5, 0.6) is 0 Å². The first-order valence-corrected chi connectivity index (χ1v) is 6.15. The molecule has 1 rings (SSSR count). The minimum absolute atomic E-state index is 0.0358. The highest BCUT2D eigenvalue weighted by atomic mass is 79.9. The van der Waals surface area contributed by atoms with E-state index >= 15 is 0 Å². The van der Waals surface area contributed by atoms with Crippen molar-refractivity contribution in [3.05, 3.63) is 33.8 Å². The fraction of sp³-hybridized carbons (Fsp3) is 0.417. The molecule has 0 aliphatic heterocycles. The van der Waals surface area contributed by atoms with Crippen LogP contribution in [0.2, 0.25) is 0 Å². The number of likely N-dealkylation sites (N-methyl/N-ethyl adjacent to an activating group) is 1. The summed E-state index contributed by atoms with van der Waals surface area (Å²) in [5, 5.41) is 5.84. The number of rotatable bonds is 5. The third-order valence-electron chi connectivity index (χ3n) is 2.22. The first-order chi connectivity index (χ1) is 7.63.